The molecule has 2 rings (SSSR count). The second-order valence-electron chi connectivity index (χ2n) is 4.51. The summed E-state index contributed by atoms with van der Waals surface area (Å²) < 4.78 is 0. The lowest BCUT2D eigenvalue weighted by atomic mass is 9.99. The summed E-state index contributed by atoms with van der Waals surface area (Å²) in [6, 6.07) is 0. The van der Waals surface area contributed by atoms with Crippen molar-refractivity contribution in [3.05, 3.63) is 18.1 Å². The second kappa shape index (κ2) is 5.12. The van der Waals surface area contributed by atoms with Gasteiger partial charge in [-0.2, -0.15) is 0 Å². The Kier molecular flexibility index (Phi) is 3.56. The maximum absolute atomic E-state index is 12.1. The van der Waals surface area contributed by atoms with Gasteiger partial charge >= 0.3 is 0 Å². The maximum atomic E-state index is 12.1. The molecule has 0 bridgehead atoms. The lowest BCUT2D eigenvalue weighted by Crippen LogP contribution is -2.38. The normalized spacial score (nSPS) is 16.9. The Balaban J connectivity index is 2.03. The number of carbonyl (C=O) groups excluding carboxylic acids is 1. The Morgan fingerprint density at radius 2 is 2.06 bits per heavy atom. The van der Waals surface area contributed by atoms with Crippen LogP contribution in [0.1, 0.15) is 30.3 Å². The van der Waals surface area contributed by atoms with Crippen molar-refractivity contribution in [2.24, 2.45) is 5.92 Å². The van der Waals surface area contributed by atoms with Crippen molar-refractivity contribution in [2.45, 2.75) is 19.8 Å². The minimum Gasteiger partial charge on any atom is -0.372 e. The van der Waals surface area contributed by atoms with E-state index in [1.165, 1.54) is 6.20 Å². The fourth-order valence-electron chi connectivity index (χ4n) is 1.94. The molecule has 92 valence electrons. The lowest BCUT2D eigenvalue weighted by molar-refractivity contribution is 0.0691. The molecule has 1 aliphatic rings. The first-order valence-electron chi connectivity index (χ1n) is 5.99. The molecule has 1 aromatic heterocycles. The van der Waals surface area contributed by atoms with E-state index in [1.54, 1.807) is 13.2 Å². The van der Waals surface area contributed by atoms with Crippen LogP contribution < -0.4 is 5.32 Å². The van der Waals surface area contributed by atoms with E-state index in [0.29, 0.717) is 11.5 Å². The Morgan fingerprint density at radius 1 is 1.35 bits per heavy atom. The van der Waals surface area contributed by atoms with Gasteiger partial charge in [-0.05, 0) is 18.8 Å². The van der Waals surface area contributed by atoms with Crippen LogP contribution in [-0.2, 0) is 0 Å². The van der Waals surface area contributed by atoms with Crippen LogP contribution in [0.25, 0.3) is 0 Å². The SMILES string of the molecule is CNc1cnc(C(=O)N2CCC(C)CC2)cn1. The third-order valence-corrected chi connectivity index (χ3v) is 3.20. The van der Waals surface area contributed by atoms with Gasteiger partial charge in [0, 0.05) is 20.1 Å². The summed E-state index contributed by atoms with van der Waals surface area (Å²) in [7, 11) is 1.78. The average molecular weight is 234 g/mol. The summed E-state index contributed by atoms with van der Waals surface area (Å²) in [4.78, 5) is 22.2. The van der Waals surface area contributed by atoms with Crippen LogP contribution in [-0.4, -0.2) is 40.9 Å². The summed E-state index contributed by atoms with van der Waals surface area (Å²) in [6.45, 7) is 3.88. The van der Waals surface area contributed by atoms with Crippen LogP contribution >= 0.6 is 0 Å². The number of rotatable bonds is 2. The molecule has 0 aliphatic carbocycles. The highest BCUT2D eigenvalue weighted by Gasteiger charge is 2.22. The number of piperidine rings is 1. The van der Waals surface area contributed by atoms with Gasteiger partial charge < -0.3 is 10.2 Å². The zero-order valence-electron chi connectivity index (χ0n) is 10.3. The van der Waals surface area contributed by atoms with Crippen LogP contribution in [0.5, 0.6) is 0 Å². The summed E-state index contributed by atoms with van der Waals surface area (Å²) >= 11 is 0. The molecule has 5 heteroatoms. The van der Waals surface area contributed by atoms with Crippen molar-refractivity contribution in [3.8, 4) is 0 Å². The van der Waals surface area contributed by atoms with Crippen molar-refractivity contribution in [2.75, 3.05) is 25.5 Å². The molecule has 1 N–H and O–H groups in total. The number of anilines is 1. The second-order valence-corrected chi connectivity index (χ2v) is 4.51. The number of hydrogen-bond acceptors (Lipinski definition) is 4. The van der Waals surface area contributed by atoms with Crippen LogP contribution in [0, 0.1) is 5.92 Å². The quantitative estimate of drug-likeness (QED) is 0.840. The third-order valence-electron chi connectivity index (χ3n) is 3.20. The first-order valence-corrected chi connectivity index (χ1v) is 5.99. The molecule has 0 saturated carbocycles. The largest absolute Gasteiger partial charge is 0.372 e. The summed E-state index contributed by atoms with van der Waals surface area (Å²) in [5, 5.41) is 2.88. The number of hydrogen-bond donors (Lipinski definition) is 1. The Bertz CT molecular complexity index is 382. The molecule has 0 atom stereocenters. The van der Waals surface area contributed by atoms with Crippen LogP contribution in [0.2, 0.25) is 0 Å². The van der Waals surface area contributed by atoms with E-state index in [2.05, 4.69) is 22.2 Å². The number of nitrogens with zero attached hydrogens (tertiary/aromatic N) is 3. The standard InChI is InChI=1S/C12H18N4O/c1-9-3-5-16(6-4-9)12(17)10-7-15-11(13-2)8-14-10/h7-9H,3-6H2,1-2H3,(H,13,15). The fourth-order valence-corrected chi connectivity index (χ4v) is 1.94. The van der Waals surface area contributed by atoms with Crippen molar-refractivity contribution >= 4 is 11.7 Å². The molecule has 17 heavy (non-hydrogen) atoms. The number of nitrogens with one attached hydrogen (secondary N) is 1. The molecule has 1 aromatic rings. The van der Waals surface area contributed by atoms with Crippen molar-refractivity contribution < 1.29 is 4.79 Å². The zero-order valence-corrected chi connectivity index (χ0v) is 10.3. The van der Waals surface area contributed by atoms with Gasteiger partial charge in [0.2, 0.25) is 0 Å². The van der Waals surface area contributed by atoms with Gasteiger partial charge in [0.1, 0.15) is 11.5 Å². The van der Waals surface area contributed by atoms with E-state index >= 15 is 0 Å². The van der Waals surface area contributed by atoms with Crippen LogP contribution in [0.15, 0.2) is 12.4 Å². The predicted octanol–water partition coefficient (Wildman–Crippen LogP) is 1.39. The molecule has 0 spiro atoms. The number of likely N-dealkylation sites (tertiary alicyclic amines) is 1. The first kappa shape index (κ1) is 11.8. The molecule has 0 unspecified atom stereocenters. The molecule has 1 aliphatic heterocycles. The molecular formula is C12H18N4O. The highest BCUT2D eigenvalue weighted by Crippen LogP contribution is 2.17. The lowest BCUT2D eigenvalue weighted by Gasteiger charge is -2.29. The third kappa shape index (κ3) is 2.72. The van der Waals surface area contributed by atoms with Crippen molar-refractivity contribution in [3.63, 3.8) is 0 Å². The first-order chi connectivity index (χ1) is 8.20. The van der Waals surface area contributed by atoms with Gasteiger partial charge in [-0.1, -0.05) is 6.92 Å². The van der Waals surface area contributed by atoms with E-state index in [1.807, 2.05) is 4.90 Å². The van der Waals surface area contributed by atoms with E-state index in [4.69, 9.17) is 0 Å². The molecule has 2 heterocycles. The predicted molar refractivity (Wildman–Crippen MR) is 65.9 cm³/mol. The van der Waals surface area contributed by atoms with E-state index < -0.39 is 0 Å². The zero-order chi connectivity index (χ0) is 12.3. The smallest absolute Gasteiger partial charge is 0.274 e. The minimum absolute atomic E-state index is 0.00736. The molecule has 1 amide bonds. The molecule has 1 saturated heterocycles. The van der Waals surface area contributed by atoms with Gasteiger partial charge in [-0.15, -0.1) is 0 Å². The maximum Gasteiger partial charge on any atom is 0.274 e. The highest BCUT2D eigenvalue weighted by molar-refractivity contribution is 5.92. The van der Waals surface area contributed by atoms with Gasteiger partial charge in [0.15, 0.2) is 0 Å². The van der Waals surface area contributed by atoms with Crippen LogP contribution in [0.4, 0.5) is 5.82 Å². The number of aromatic nitrogens is 2. The van der Waals surface area contributed by atoms with Gasteiger partial charge in [0.25, 0.3) is 5.91 Å². The summed E-state index contributed by atoms with van der Waals surface area (Å²) in [5.41, 5.74) is 0.429. The summed E-state index contributed by atoms with van der Waals surface area (Å²) in [6.07, 6.45) is 5.27. The monoisotopic (exact) mass is 234 g/mol. The fraction of sp³-hybridized carbons (Fsp3) is 0.583. The molecule has 1 fully saturated rings. The van der Waals surface area contributed by atoms with Crippen LogP contribution in [0.3, 0.4) is 0 Å². The Labute approximate surface area is 101 Å². The highest BCUT2D eigenvalue weighted by atomic mass is 16.2. The molecule has 5 nitrogen and oxygen atoms in total. The Hall–Kier alpha value is -1.65. The minimum atomic E-state index is -0.00736. The van der Waals surface area contributed by atoms with Gasteiger partial charge in [-0.25, -0.2) is 9.97 Å². The van der Waals surface area contributed by atoms with E-state index in [9.17, 15) is 4.79 Å². The van der Waals surface area contributed by atoms with Crippen molar-refractivity contribution in [1.29, 1.82) is 0 Å². The van der Waals surface area contributed by atoms with Gasteiger partial charge in [0.05, 0.1) is 12.4 Å². The summed E-state index contributed by atoms with van der Waals surface area (Å²) in [5.74, 6) is 1.39. The van der Waals surface area contributed by atoms with E-state index in [-0.39, 0.29) is 5.91 Å². The molecule has 0 radical (unpaired) electrons. The number of amides is 1. The topological polar surface area (TPSA) is 58.1 Å². The van der Waals surface area contributed by atoms with Gasteiger partial charge in [-0.3, -0.25) is 4.79 Å². The van der Waals surface area contributed by atoms with Crippen molar-refractivity contribution in [1.82, 2.24) is 14.9 Å². The van der Waals surface area contributed by atoms with E-state index in [0.717, 1.165) is 31.8 Å². The molecular weight excluding hydrogens is 216 g/mol. The molecule has 0 aromatic carbocycles. The number of carbonyl (C=O) groups is 1. The average Bonchev–Trinajstić information content (AvgIpc) is 2.39. The Morgan fingerprint density at radius 3 is 2.59 bits per heavy atom.